The van der Waals surface area contributed by atoms with Gasteiger partial charge in [0, 0.05) is 16.9 Å². The molecule has 23 heavy (non-hydrogen) atoms. The molecule has 6 heteroatoms. The summed E-state index contributed by atoms with van der Waals surface area (Å²) in [5.74, 6) is 1.23. The highest BCUT2D eigenvalue weighted by molar-refractivity contribution is 14.1. The van der Waals surface area contributed by atoms with E-state index in [1.165, 1.54) is 17.9 Å². The molecule has 0 aromatic heterocycles. The number of carbonyl (C=O) groups is 1. The molecule has 0 fully saturated rings. The molecule has 0 radical (unpaired) electrons. The molecule has 0 aliphatic rings. The molecule has 0 spiro atoms. The van der Waals surface area contributed by atoms with Gasteiger partial charge in [0.1, 0.15) is 0 Å². The van der Waals surface area contributed by atoms with Crippen LogP contribution < -0.4 is 9.47 Å². The average molecular weight is 463 g/mol. The third-order valence-electron chi connectivity index (χ3n) is 3.31. The number of hydrogen-bond donors (Lipinski definition) is 0. The van der Waals surface area contributed by atoms with Crippen molar-refractivity contribution in [3.05, 3.63) is 51.1 Å². The maximum atomic E-state index is 11.5. The monoisotopic (exact) mass is 462 g/mol. The molecular formula is C17H16ClIO3S. The highest BCUT2D eigenvalue weighted by atomic mass is 127. The van der Waals surface area contributed by atoms with E-state index in [4.69, 9.17) is 20.2 Å². The van der Waals surface area contributed by atoms with Gasteiger partial charge in [-0.05, 0) is 74.9 Å². The Morgan fingerprint density at radius 3 is 2.70 bits per heavy atom. The summed E-state index contributed by atoms with van der Waals surface area (Å²) in [5, 5.41) is 0. The predicted octanol–water partition coefficient (Wildman–Crippen LogP) is 5.37. The molecule has 0 aliphatic heterocycles. The Bertz CT molecular complexity index is 706. The van der Waals surface area contributed by atoms with Crippen LogP contribution in [0.5, 0.6) is 11.5 Å². The van der Waals surface area contributed by atoms with Gasteiger partial charge in [0.05, 0.1) is 17.3 Å². The Labute approximate surface area is 158 Å². The number of methoxy groups -OCH3 is 1. The standard InChI is InChI=1S/C17H16ClIO3S/c1-11(20)13-9-14(19)17(15(10-13)21-2)22-8-7-12-5-3-4-6-16(12)23-18/h3-6,9-10H,7-8H2,1-2H3. The molecule has 0 saturated heterocycles. The lowest BCUT2D eigenvalue weighted by molar-refractivity contribution is 0.101. The molecule has 3 nitrogen and oxygen atoms in total. The first kappa shape index (κ1) is 18.4. The predicted molar refractivity (Wildman–Crippen MR) is 103 cm³/mol. The SMILES string of the molecule is COc1cc(C(C)=O)cc(I)c1OCCc1ccccc1SCl. The third kappa shape index (κ3) is 4.78. The Kier molecular flexibility index (Phi) is 7.05. The van der Waals surface area contributed by atoms with Crippen molar-refractivity contribution in [2.75, 3.05) is 13.7 Å². The maximum absolute atomic E-state index is 11.5. The number of benzene rings is 2. The first-order chi connectivity index (χ1) is 11.1. The van der Waals surface area contributed by atoms with E-state index in [0.717, 1.165) is 20.4 Å². The van der Waals surface area contributed by atoms with Crippen LogP contribution >= 0.6 is 44.2 Å². The second kappa shape index (κ2) is 8.80. The van der Waals surface area contributed by atoms with E-state index in [0.29, 0.717) is 23.7 Å². The number of ether oxygens (including phenoxy) is 2. The van der Waals surface area contributed by atoms with Gasteiger partial charge in [-0.15, -0.1) is 0 Å². The number of hydrogen-bond acceptors (Lipinski definition) is 4. The molecule has 2 aromatic rings. The van der Waals surface area contributed by atoms with Crippen LogP contribution in [0.15, 0.2) is 41.3 Å². The van der Waals surface area contributed by atoms with E-state index < -0.39 is 0 Å². The highest BCUT2D eigenvalue weighted by Gasteiger charge is 2.14. The molecule has 0 heterocycles. The van der Waals surface area contributed by atoms with Crippen molar-refractivity contribution in [1.82, 2.24) is 0 Å². The average Bonchev–Trinajstić information content (AvgIpc) is 2.56. The zero-order valence-electron chi connectivity index (χ0n) is 12.8. The van der Waals surface area contributed by atoms with Gasteiger partial charge >= 0.3 is 0 Å². The largest absolute Gasteiger partial charge is 0.493 e. The Balaban J connectivity index is 2.13. The van der Waals surface area contributed by atoms with Crippen LogP contribution in [0.2, 0.25) is 0 Å². The molecule has 2 aromatic carbocycles. The van der Waals surface area contributed by atoms with Gasteiger partial charge in [-0.1, -0.05) is 18.2 Å². The summed E-state index contributed by atoms with van der Waals surface area (Å²) in [4.78, 5) is 12.6. The van der Waals surface area contributed by atoms with Crippen molar-refractivity contribution in [2.45, 2.75) is 18.2 Å². The van der Waals surface area contributed by atoms with Crippen LogP contribution in [0.1, 0.15) is 22.8 Å². The summed E-state index contributed by atoms with van der Waals surface area (Å²) in [7, 11) is 8.65. The zero-order valence-corrected chi connectivity index (χ0v) is 16.5. The van der Waals surface area contributed by atoms with Gasteiger partial charge in [-0.25, -0.2) is 0 Å². The fourth-order valence-corrected chi connectivity index (χ4v) is 3.72. The fraction of sp³-hybridized carbons (Fsp3) is 0.235. The van der Waals surface area contributed by atoms with E-state index in [9.17, 15) is 4.79 Å². The lowest BCUT2D eigenvalue weighted by Gasteiger charge is -2.14. The topological polar surface area (TPSA) is 35.5 Å². The van der Waals surface area contributed by atoms with E-state index in [1.807, 2.05) is 30.3 Å². The van der Waals surface area contributed by atoms with Gasteiger partial charge < -0.3 is 9.47 Å². The zero-order chi connectivity index (χ0) is 16.8. The van der Waals surface area contributed by atoms with Crippen LogP contribution in [-0.2, 0) is 6.42 Å². The summed E-state index contributed by atoms with van der Waals surface area (Å²) in [6.45, 7) is 2.03. The van der Waals surface area contributed by atoms with E-state index >= 15 is 0 Å². The molecular weight excluding hydrogens is 447 g/mol. The summed E-state index contributed by atoms with van der Waals surface area (Å²) >= 11 is 2.15. The second-order valence-electron chi connectivity index (χ2n) is 4.83. The normalized spacial score (nSPS) is 10.4. The Morgan fingerprint density at radius 1 is 1.30 bits per heavy atom. The fourth-order valence-electron chi connectivity index (χ4n) is 2.11. The molecule has 2 rings (SSSR count). The lowest BCUT2D eigenvalue weighted by atomic mass is 10.1. The number of halogens is 2. The summed E-state index contributed by atoms with van der Waals surface area (Å²) in [5.41, 5.74) is 1.75. The molecule has 0 unspecified atom stereocenters. The maximum Gasteiger partial charge on any atom is 0.174 e. The quantitative estimate of drug-likeness (QED) is 0.409. The minimum absolute atomic E-state index is 0.000769. The third-order valence-corrected chi connectivity index (χ3v) is 5.17. The molecule has 0 aliphatic carbocycles. The van der Waals surface area contributed by atoms with E-state index in [1.54, 1.807) is 13.2 Å². The van der Waals surface area contributed by atoms with Gasteiger partial charge in [-0.2, -0.15) is 0 Å². The first-order valence-electron chi connectivity index (χ1n) is 6.94. The number of ketones is 1. The number of Topliss-reactive ketones (excluding diaryl/α,β-unsaturated/α-hetero) is 1. The summed E-state index contributed by atoms with van der Waals surface area (Å²) in [6, 6.07) is 11.5. The van der Waals surface area contributed by atoms with Crippen LogP contribution in [0, 0.1) is 3.57 Å². The summed E-state index contributed by atoms with van der Waals surface area (Å²) < 4.78 is 12.1. The van der Waals surface area contributed by atoms with Crippen molar-refractivity contribution < 1.29 is 14.3 Å². The molecule has 0 bridgehead atoms. The van der Waals surface area contributed by atoms with Crippen molar-refractivity contribution in [3.8, 4) is 11.5 Å². The van der Waals surface area contributed by atoms with Crippen LogP contribution in [0.4, 0.5) is 0 Å². The van der Waals surface area contributed by atoms with Crippen molar-refractivity contribution in [1.29, 1.82) is 0 Å². The summed E-state index contributed by atoms with van der Waals surface area (Å²) in [6.07, 6.45) is 0.740. The molecule has 0 saturated carbocycles. The highest BCUT2D eigenvalue weighted by Crippen LogP contribution is 2.34. The van der Waals surface area contributed by atoms with Gasteiger partial charge in [0.25, 0.3) is 0 Å². The molecule has 122 valence electrons. The van der Waals surface area contributed by atoms with Crippen molar-refractivity contribution in [2.24, 2.45) is 0 Å². The van der Waals surface area contributed by atoms with E-state index in [2.05, 4.69) is 22.6 Å². The number of carbonyl (C=O) groups excluding carboxylic acids is 1. The van der Waals surface area contributed by atoms with Gasteiger partial charge in [0.15, 0.2) is 17.3 Å². The lowest BCUT2D eigenvalue weighted by Crippen LogP contribution is -2.06. The van der Waals surface area contributed by atoms with Crippen LogP contribution in [0.25, 0.3) is 0 Å². The van der Waals surface area contributed by atoms with Gasteiger partial charge in [-0.3, -0.25) is 4.79 Å². The Morgan fingerprint density at radius 2 is 2.04 bits per heavy atom. The van der Waals surface area contributed by atoms with Crippen LogP contribution in [-0.4, -0.2) is 19.5 Å². The van der Waals surface area contributed by atoms with Crippen molar-refractivity contribution in [3.63, 3.8) is 0 Å². The first-order valence-corrected chi connectivity index (χ1v) is 9.66. The number of rotatable bonds is 7. The molecule has 0 atom stereocenters. The minimum Gasteiger partial charge on any atom is -0.493 e. The Hall–Kier alpha value is -0.920. The minimum atomic E-state index is 0.000769. The molecule has 0 N–H and O–H groups in total. The smallest absolute Gasteiger partial charge is 0.174 e. The van der Waals surface area contributed by atoms with Crippen LogP contribution in [0.3, 0.4) is 0 Å². The van der Waals surface area contributed by atoms with Gasteiger partial charge in [0.2, 0.25) is 0 Å². The molecule has 0 amide bonds. The van der Waals surface area contributed by atoms with E-state index in [-0.39, 0.29) is 5.78 Å². The second-order valence-corrected chi connectivity index (χ2v) is 7.05. The van der Waals surface area contributed by atoms with Crippen molar-refractivity contribution >= 4 is 50.0 Å².